The van der Waals surface area contributed by atoms with E-state index >= 15 is 0 Å². The minimum Gasteiger partial charge on any atom is -0.458 e. The number of hydrogen-bond acceptors (Lipinski definition) is 5. The Hall–Kier alpha value is -2.37. The molecule has 1 aliphatic carbocycles. The number of hydrogen-bond donors (Lipinski definition) is 0. The van der Waals surface area contributed by atoms with Gasteiger partial charge in [0.05, 0.1) is 0 Å². The van der Waals surface area contributed by atoms with Crippen molar-refractivity contribution in [2.75, 3.05) is 0 Å². The Kier molecular flexibility index (Phi) is 5.03. The second-order valence-corrected chi connectivity index (χ2v) is 7.93. The van der Waals surface area contributed by atoms with Crippen LogP contribution in [0.4, 0.5) is 4.79 Å². The molecule has 0 unspecified atom stereocenters. The Morgan fingerprint density at radius 2 is 1.85 bits per heavy atom. The van der Waals surface area contributed by atoms with Gasteiger partial charge in [0.1, 0.15) is 18.2 Å². The van der Waals surface area contributed by atoms with Gasteiger partial charge < -0.3 is 9.47 Å². The van der Waals surface area contributed by atoms with E-state index in [2.05, 4.69) is 0 Å². The Bertz CT molecular complexity index is 694. The van der Waals surface area contributed by atoms with Gasteiger partial charge in [-0.05, 0) is 39.2 Å². The maximum atomic E-state index is 12.7. The topological polar surface area (TPSA) is 72.9 Å². The molecule has 1 aromatic carbocycles. The summed E-state index contributed by atoms with van der Waals surface area (Å²) in [5.41, 5.74) is 0.137. The van der Waals surface area contributed by atoms with Crippen molar-refractivity contribution in [3.63, 3.8) is 0 Å². The van der Waals surface area contributed by atoms with E-state index in [9.17, 15) is 14.4 Å². The molecule has 26 heavy (non-hydrogen) atoms. The molecule has 140 valence electrons. The Balaban J connectivity index is 1.76. The molecular formula is C20H25NO5. The number of fused-ring (bicyclic) bond motifs is 1. The third-order valence-corrected chi connectivity index (χ3v) is 4.86. The van der Waals surface area contributed by atoms with Crippen molar-refractivity contribution in [2.24, 2.45) is 11.8 Å². The van der Waals surface area contributed by atoms with Gasteiger partial charge >= 0.3 is 12.1 Å². The average Bonchev–Trinajstić information content (AvgIpc) is 3.14. The van der Waals surface area contributed by atoms with E-state index in [0.29, 0.717) is 6.42 Å². The van der Waals surface area contributed by atoms with Crippen molar-refractivity contribution in [1.82, 2.24) is 4.90 Å². The van der Waals surface area contributed by atoms with Gasteiger partial charge in [-0.1, -0.05) is 36.8 Å². The molecule has 6 heteroatoms. The highest BCUT2D eigenvalue weighted by Gasteiger charge is 2.57. The largest absolute Gasteiger partial charge is 0.458 e. The van der Waals surface area contributed by atoms with Crippen molar-refractivity contribution >= 4 is 18.0 Å². The molecule has 3 atom stereocenters. The lowest BCUT2D eigenvalue weighted by Gasteiger charge is -2.28. The van der Waals surface area contributed by atoms with Gasteiger partial charge in [-0.25, -0.2) is 14.5 Å². The summed E-state index contributed by atoms with van der Waals surface area (Å²) in [6.45, 7) is 5.36. The second-order valence-electron chi connectivity index (χ2n) is 7.93. The van der Waals surface area contributed by atoms with Gasteiger partial charge in [0, 0.05) is 11.8 Å². The van der Waals surface area contributed by atoms with Crippen molar-refractivity contribution in [1.29, 1.82) is 0 Å². The maximum absolute atomic E-state index is 12.7. The van der Waals surface area contributed by atoms with Crippen molar-refractivity contribution in [2.45, 2.75) is 58.3 Å². The Morgan fingerprint density at radius 3 is 2.50 bits per heavy atom. The van der Waals surface area contributed by atoms with Crippen LogP contribution in [-0.4, -0.2) is 34.5 Å². The molecule has 6 nitrogen and oxygen atoms in total. The van der Waals surface area contributed by atoms with Crippen molar-refractivity contribution in [3.8, 4) is 0 Å². The first-order valence-corrected chi connectivity index (χ1v) is 9.04. The lowest BCUT2D eigenvalue weighted by molar-refractivity contribution is -0.162. The monoisotopic (exact) mass is 359 g/mol. The van der Waals surface area contributed by atoms with Crippen LogP contribution in [-0.2, 0) is 25.7 Å². The van der Waals surface area contributed by atoms with E-state index in [4.69, 9.17) is 9.47 Å². The predicted octanol–water partition coefficient (Wildman–Crippen LogP) is 3.29. The average molecular weight is 359 g/mol. The fourth-order valence-electron chi connectivity index (χ4n) is 3.82. The third-order valence-electron chi connectivity index (χ3n) is 4.86. The van der Waals surface area contributed by atoms with E-state index in [1.165, 1.54) is 0 Å². The quantitative estimate of drug-likeness (QED) is 0.774. The number of imide groups is 1. The molecule has 0 spiro atoms. The first-order chi connectivity index (χ1) is 12.3. The maximum Gasteiger partial charge on any atom is 0.417 e. The molecule has 0 aromatic heterocycles. The second kappa shape index (κ2) is 7.09. The smallest absolute Gasteiger partial charge is 0.417 e. The van der Waals surface area contributed by atoms with Crippen LogP contribution >= 0.6 is 0 Å². The van der Waals surface area contributed by atoms with E-state index in [-0.39, 0.29) is 24.3 Å². The van der Waals surface area contributed by atoms with Crippen LogP contribution in [0.25, 0.3) is 0 Å². The Morgan fingerprint density at radius 1 is 1.15 bits per heavy atom. The normalized spacial score (nSPS) is 25.1. The summed E-state index contributed by atoms with van der Waals surface area (Å²) in [6, 6.07) is 8.33. The molecule has 1 saturated carbocycles. The molecule has 2 aliphatic rings. The van der Waals surface area contributed by atoms with Crippen LogP contribution in [0.15, 0.2) is 30.3 Å². The third kappa shape index (κ3) is 3.74. The summed E-state index contributed by atoms with van der Waals surface area (Å²) in [7, 11) is 0. The van der Waals surface area contributed by atoms with Gasteiger partial charge in [-0.3, -0.25) is 4.79 Å². The summed E-state index contributed by atoms with van der Waals surface area (Å²) in [4.78, 5) is 39.1. The zero-order valence-electron chi connectivity index (χ0n) is 15.4. The Labute approximate surface area is 153 Å². The van der Waals surface area contributed by atoms with Crippen LogP contribution in [0.3, 0.4) is 0 Å². The molecule has 3 rings (SSSR count). The summed E-state index contributed by atoms with van der Waals surface area (Å²) in [5.74, 6) is -1.32. The molecule has 1 aromatic rings. The number of benzene rings is 1. The highest BCUT2D eigenvalue weighted by atomic mass is 16.6. The van der Waals surface area contributed by atoms with Crippen LogP contribution in [0.1, 0.15) is 45.6 Å². The number of carbonyl (C=O) groups is 3. The van der Waals surface area contributed by atoms with E-state index in [1.54, 1.807) is 20.8 Å². The highest BCUT2D eigenvalue weighted by molar-refractivity contribution is 6.01. The number of ether oxygens (including phenoxy) is 2. The summed E-state index contributed by atoms with van der Waals surface area (Å²) in [5, 5.41) is 0. The fourth-order valence-corrected chi connectivity index (χ4v) is 3.82. The number of likely N-dealkylation sites (tertiary alicyclic amines) is 1. The zero-order chi connectivity index (χ0) is 18.9. The first-order valence-electron chi connectivity index (χ1n) is 9.04. The van der Waals surface area contributed by atoms with E-state index < -0.39 is 23.7 Å². The molecule has 1 aliphatic heterocycles. The summed E-state index contributed by atoms with van der Waals surface area (Å²) >= 11 is 0. The van der Waals surface area contributed by atoms with Gasteiger partial charge in [-0.15, -0.1) is 0 Å². The minimum atomic E-state index is -0.891. The van der Waals surface area contributed by atoms with Gasteiger partial charge in [0.15, 0.2) is 0 Å². The van der Waals surface area contributed by atoms with Crippen LogP contribution in [0.2, 0.25) is 0 Å². The molecule has 1 saturated heterocycles. The zero-order valence-corrected chi connectivity index (χ0v) is 15.4. The lowest BCUT2D eigenvalue weighted by Crippen LogP contribution is -2.47. The van der Waals surface area contributed by atoms with E-state index in [1.807, 2.05) is 30.3 Å². The first kappa shape index (κ1) is 18.4. The molecule has 0 bridgehead atoms. The SMILES string of the molecule is CC(C)(C)OC(=O)[C@@H]1[C@H]2CCC[C@H]2C(=O)N1C(=O)OCc1ccccc1. The fraction of sp³-hybridized carbons (Fsp3) is 0.550. The van der Waals surface area contributed by atoms with E-state index in [0.717, 1.165) is 23.3 Å². The van der Waals surface area contributed by atoms with Crippen molar-refractivity contribution in [3.05, 3.63) is 35.9 Å². The number of esters is 1. The lowest BCUT2D eigenvalue weighted by atomic mass is 9.93. The molecular weight excluding hydrogens is 334 g/mol. The number of amides is 2. The molecule has 2 fully saturated rings. The number of carbonyl (C=O) groups excluding carboxylic acids is 3. The predicted molar refractivity (Wildman–Crippen MR) is 93.9 cm³/mol. The summed E-state index contributed by atoms with van der Waals surface area (Å²) in [6.07, 6.45) is 1.55. The van der Waals surface area contributed by atoms with Crippen LogP contribution in [0.5, 0.6) is 0 Å². The number of rotatable bonds is 3. The molecule has 0 N–H and O–H groups in total. The molecule has 2 amide bonds. The standard InChI is InChI=1S/C20H25NO5/c1-20(2,3)26-18(23)16-14-10-7-11-15(14)17(22)21(16)19(24)25-12-13-8-5-4-6-9-13/h4-6,8-9,14-16H,7,10-12H2,1-3H3/t14-,15+,16-/m0/s1. The van der Waals surface area contributed by atoms with Crippen LogP contribution in [0, 0.1) is 11.8 Å². The van der Waals surface area contributed by atoms with Crippen LogP contribution < -0.4 is 0 Å². The number of nitrogens with zero attached hydrogens (tertiary/aromatic N) is 1. The van der Waals surface area contributed by atoms with Crippen molar-refractivity contribution < 1.29 is 23.9 Å². The minimum absolute atomic E-state index is 0.0554. The van der Waals surface area contributed by atoms with Gasteiger partial charge in [-0.2, -0.15) is 0 Å². The molecule has 0 radical (unpaired) electrons. The highest BCUT2D eigenvalue weighted by Crippen LogP contribution is 2.44. The van der Waals surface area contributed by atoms with Gasteiger partial charge in [0.25, 0.3) is 0 Å². The molecule has 1 heterocycles. The van der Waals surface area contributed by atoms with Gasteiger partial charge in [0.2, 0.25) is 5.91 Å². The summed E-state index contributed by atoms with van der Waals surface area (Å²) < 4.78 is 10.8.